The summed E-state index contributed by atoms with van der Waals surface area (Å²) in [4.78, 5) is 12.3. The van der Waals surface area contributed by atoms with Crippen LogP contribution in [0.2, 0.25) is 0 Å². The highest BCUT2D eigenvalue weighted by Crippen LogP contribution is 2.25. The first kappa shape index (κ1) is 17.7. The summed E-state index contributed by atoms with van der Waals surface area (Å²) in [6, 6.07) is 10.9. The van der Waals surface area contributed by atoms with Crippen molar-refractivity contribution in [2.24, 2.45) is 5.92 Å². The SMILES string of the molecule is CC(C)NC(=O)C1CCCC(NCc2ccccc2-n2cccn2)C1. The van der Waals surface area contributed by atoms with Crippen LogP contribution in [0.1, 0.15) is 45.1 Å². The summed E-state index contributed by atoms with van der Waals surface area (Å²) >= 11 is 0. The second-order valence-corrected chi connectivity index (χ2v) is 7.18. The molecule has 0 bridgehead atoms. The first-order chi connectivity index (χ1) is 12.1. The number of amides is 1. The Labute approximate surface area is 149 Å². The fourth-order valence-electron chi connectivity index (χ4n) is 3.57. The van der Waals surface area contributed by atoms with Crippen molar-refractivity contribution in [1.29, 1.82) is 0 Å². The molecule has 134 valence electrons. The first-order valence-corrected chi connectivity index (χ1v) is 9.25. The molecule has 1 aliphatic carbocycles. The molecule has 1 aliphatic rings. The van der Waals surface area contributed by atoms with Gasteiger partial charge in [-0.3, -0.25) is 4.79 Å². The summed E-state index contributed by atoms with van der Waals surface area (Å²) in [6.45, 7) is 4.82. The van der Waals surface area contributed by atoms with E-state index in [0.29, 0.717) is 6.04 Å². The second kappa shape index (κ2) is 8.30. The van der Waals surface area contributed by atoms with Crippen LogP contribution in [0, 0.1) is 5.92 Å². The van der Waals surface area contributed by atoms with Crippen LogP contribution in [-0.4, -0.2) is 27.8 Å². The molecule has 1 heterocycles. The summed E-state index contributed by atoms with van der Waals surface area (Å²) in [5, 5.41) is 11.1. The molecule has 3 rings (SSSR count). The lowest BCUT2D eigenvalue weighted by Crippen LogP contribution is -2.42. The predicted octanol–water partition coefficient (Wildman–Crippen LogP) is 3.05. The Balaban J connectivity index is 1.60. The zero-order chi connectivity index (χ0) is 17.6. The number of rotatable bonds is 6. The van der Waals surface area contributed by atoms with E-state index in [2.05, 4.69) is 33.9 Å². The Morgan fingerprint density at radius 1 is 1.28 bits per heavy atom. The zero-order valence-corrected chi connectivity index (χ0v) is 15.1. The molecule has 0 radical (unpaired) electrons. The standard InChI is InChI=1S/C20H28N4O/c1-15(2)23-20(25)16-8-5-9-18(13-16)21-14-17-7-3-4-10-19(17)24-12-6-11-22-24/h3-4,6-7,10-12,15-16,18,21H,5,8-9,13-14H2,1-2H3,(H,23,25). The lowest BCUT2D eigenvalue weighted by Gasteiger charge is -2.30. The number of nitrogens with zero attached hydrogens (tertiary/aromatic N) is 2. The number of hydrogen-bond acceptors (Lipinski definition) is 3. The maximum Gasteiger partial charge on any atom is 0.223 e. The molecule has 2 atom stereocenters. The first-order valence-electron chi connectivity index (χ1n) is 9.25. The van der Waals surface area contributed by atoms with Gasteiger partial charge in [0.2, 0.25) is 5.91 Å². The van der Waals surface area contributed by atoms with Crippen LogP contribution in [0.4, 0.5) is 0 Å². The minimum atomic E-state index is 0.134. The van der Waals surface area contributed by atoms with E-state index in [9.17, 15) is 4.79 Å². The number of hydrogen-bond donors (Lipinski definition) is 2. The van der Waals surface area contributed by atoms with Gasteiger partial charge in [-0.2, -0.15) is 5.10 Å². The summed E-state index contributed by atoms with van der Waals surface area (Å²) in [7, 11) is 0. The van der Waals surface area contributed by atoms with Gasteiger partial charge in [-0.05, 0) is 50.8 Å². The van der Waals surface area contributed by atoms with Crippen LogP contribution in [0.15, 0.2) is 42.7 Å². The second-order valence-electron chi connectivity index (χ2n) is 7.18. The summed E-state index contributed by atoms with van der Waals surface area (Å²) in [6.07, 6.45) is 7.92. The molecule has 1 amide bonds. The molecule has 1 saturated carbocycles. The molecule has 5 heteroatoms. The Bertz CT molecular complexity index is 681. The highest BCUT2D eigenvalue weighted by atomic mass is 16.1. The van der Waals surface area contributed by atoms with Gasteiger partial charge in [-0.15, -0.1) is 0 Å². The van der Waals surface area contributed by atoms with Gasteiger partial charge in [-0.1, -0.05) is 24.6 Å². The van der Waals surface area contributed by atoms with Crippen molar-refractivity contribution in [3.05, 3.63) is 48.3 Å². The highest BCUT2D eigenvalue weighted by Gasteiger charge is 2.27. The molecule has 1 aromatic carbocycles. The molecule has 1 fully saturated rings. The maximum atomic E-state index is 12.3. The molecule has 2 unspecified atom stereocenters. The zero-order valence-electron chi connectivity index (χ0n) is 15.1. The van der Waals surface area contributed by atoms with Gasteiger partial charge in [0.15, 0.2) is 0 Å². The molecular formula is C20H28N4O. The molecular weight excluding hydrogens is 312 g/mol. The van der Waals surface area contributed by atoms with Crippen LogP contribution < -0.4 is 10.6 Å². The molecule has 1 aromatic heterocycles. The Hall–Kier alpha value is -2.14. The van der Waals surface area contributed by atoms with E-state index >= 15 is 0 Å². The third-order valence-corrected chi connectivity index (χ3v) is 4.80. The monoisotopic (exact) mass is 340 g/mol. The number of carbonyl (C=O) groups excluding carboxylic acids is 1. The Kier molecular flexibility index (Phi) is 5.87. The lowest BCUT2D eigenvalue weighted by atomic mass is 9.85. The molecule has 25 heavy (non-hydrogen) atoms. The van der Waals surface area contributed by atoms with Crippen molar-refractivity contribution in [3.63, 3.8) is 0 Å². The van der Waals surface area contributed by atoms with Crippen LogP contribution in [0.5, 0.6) is 0 Å². The van der Waals surface area contributed by atoms with Crippen LogP contribution in [0.3, 0.4) is 0 Å². The minimum absolute atomic E-state index is 0.134. The van der Waals surface area contributed by atoms with Gasteiger partial charge in [0.25, 0.3) is 0 Å². The van der Waals surface area contributed by atoms with E-state index in [1.165, 1.54) is 5.56 Å². The lowest BCUT2D eigenvalue weighted by molar-refractivity contribution is -0.126. The number of nitrogens with one attached hydrogen (secondary N) is 2. The fraction of sp³-hybridized carbons (Fsp3) is 0.500. The summed E-state index contributed by atoms with van der Waals surface area (Å²) in [5.41, 5.74) is 2.32. The number of carbonyl (C=O) groups is 1. The van der Waals surface area contributed by atoms with E-state index in [4.69, 9.17) is 0 Å². The normalized spacial score (nSPS) is 20.6. The summed E-state index contributed by atoms with van der Waals surface area (Å²) < 4.78 is 1.90. The van der Waals surface area contributed by atoms with E-state index in [1.54, 1.807) is 6.20 Å². The van der Waals surface area contributed by atoms with Gasteiger partial charge in [-0.25, -0.2) is 4.68 Å². The molecule has 0 saturated heterocycles. The maximum absolute atomic E-state index is 12.3. The van der Waals surface area contributed by atoms with Crippen molar-refractivity contribution >= 4 is 5.91 Å². The summed E-state index contributed by atoms with van der Waals surface area (Å²) in [5.74, 6) is 0.341. The number of aromatic nitrogens is 2. The molecule has 0 aliphatic heterocycles. The molecule has 5 nitrogen and oxygen atoms in total. The smallest absolute Gasteiger partial charge is 0.223 e. The van der Waals surface area contributed by atoms with Crippen molar-refractivity contribution in [3.8, 4) is 5.69 Å². The van der Waals surface area contributed by atoms with Crippen LogP contribution >= 0.6 is 0 Å². The fourth-order valence-corrected chi connectivity index (χ4v) is 3.57. The Morgan fingerprint density at radius 3 is 2.88 bits per heavy atom. The predicted molar refractivity (Wildman–Crippen MR) is 99.4 cm³/mol. The molecule has 2 aromatic rings. The molecule has 2 N–H and O–H groups in total. The quantitative estimate of drug-likeness (QED) is 0.850. The van der Waals surface area contributed by atoms with E-state index in [1.807, 2.05) is 36.9 Å². The third kappa shape index (κ3) is 4.69. The van der Waals surface area contributed by atoms with Gasteiger partial charge >= 0.3 is 0 Å². The van der Waals surface area contributed by atoms with Gasteiger partial charge in [0.1, 0.15) is 0 Å². The van der Waals surface area contributed by atoms with E-state index in [-0.39, 0.29) is 17.9 Å². The topological polar surface area (TPSA) is 59.0 Å². The van der Waals surface area contributed by atoms with E-state index < -0.39 is 0 Å². The number of benzene rings is 1. The average Bonchev–Trinajstić information content (AvgIpc) is 3.14. The van der Waals surface area contributed by atoms with Crippen molar-refractivity contribution in [1.82, 2.24) is 20.4 Å². The van der Waals surface area contributed by atoms with Crippen molar-refractivity contribution < 1.29 is 4.79 Å². The van der Waals surface area contributed by atoms with Crippen molar-refractivity contribution in [2.75, 3.05) is 0 Å². The van der Waals surface area contributed by atoms with Gasteiger partial charge < -0.3 is 10.6 Å². The van der Waals surface area contributed by atoms with E-state index in [0.717, 1.165) is 37.9 Å². The molecule has 0 spiro atoms. The highest BCUT2D eigenvalue weighted by molar-refractivity contribution is 5.79. The third-order valence-electron chi connectivity index (χ3n) is 4.80. The van der Waals surface area contributed by atoms with Crippen molar-refractivity contribution in [2.45, 2.75) is 58.2 Å². The largest absolute Gasteiger partial charge is 0.354 e. The minimum Gasteiger partial charge on any atom is -0.354 e. The van der Waals surface area contributed by atoms with Crippen LogP contribution in [0.25, 0.3) is 5.69 Å². The van der Waals surface area contributed by atoms with Gasteiger partial charge in [0.05, 0.1) is 5.69 Å². The average molecular weight is 340 g/mol. The van der Waals surface area contributed by atoms with Crippen LogP contribution in [-0.2, 0) is 11.3 Å². The number of para-hydroxylation sites is 1. The Morgan fingerprint density at radius 2 is 2.12 bits per heavy atom. The van der Waals surface area contributed by atoms with Gasteiger partial charge in [0, 0.05) is 36.9 Å².